The molecule has 0 aromatic carbocycles. The third-order valence-electron chi connectivity index (χ3n) is 1.38. The molecule has 12 heavy (non-hydrogen) atoms. The van der Waals surface area contributed by atoms with E-state index in [9.17, 15) is 0 Å². The van der Waals surface area contributed by atoms with Gasteiger partial charge in [-0.25, -0.2) is 0 Å². The van der Waals surface area contributed by atoms with E-state index >= 15 is 0 Å². The van der Waals surface area contributed by atoms with Gasteiger partial charge < -0.3 is 16.8 Å². The van der Waals surface area contributed by atoms with Gasteiger partial charge in [0.15, 0.2) is 0 Å². The molecule has 0 heterocycles. The van der Waals surface area contributed by atoms with E-state index in [4.69, 9.17) is 11.5 Å². The van der Waals surface area contributed by atoms with Gasteiger partial charge in [0.1, 0.15) is 0 Å². The van der Waals surface area contributed by atoms with Crippen LogP contribution in [0, 0.1) is 12.8 Å². The molecule has 0 aromatic heterocycles. The van der Waals surface area contributed by atoms with Crippen molar-refractivity contribution in [3.05, 3.63) is 0 Å². The third-order valence-corrected chi connectivity index (χ3v) is 1.38. The second kappa shape index (κ2) is 16.8. The molecule has 72 valence electrons. The summed E-state index contributed by atoms with van der Waals surface area (Å²) >= 11 is 0. The molecule has 0 saturated heterocycles. The maximum Gasteiger partial charge on any atom is 0.00745 e. The predicted molar refractivity (Wildman–Crippen MR) is 54.7 cm³/mol. The molecule has 3 heteroatoms. The van der Waals surface area contributed by atoms with Crippen LogP contribution in [-0.4, -0.2) is 26.2 Å². The third kappa shape index (κ3) is 16.2. The zero-order valence-electron chi connectivity index (χ0n) is 7.76. The molecule has 0 aliphatic rings. The van der Waals surface area contributed by atoms with Crippen molar-refractivity contribution in [3.63, 3.8) is 0 Å². The van der Waals surface area contributed by atoms with Crippen molar-refractivity contribution in [3.8, 4) is 12.8 Å². The molecule has 0 aliphatic carbocycles. The first kappa shape index (κ1) is 14.0. The van der Waals surface area contributed by atoms with Crippen LogP contribution in [0.25, 0.3) is 0 Å². The predicted octanol–water partition coefficient (Wildman–Crippen LogP) is -0.0869. The van der Waals surface area contributed by atoms with Gasteiger partial charge in [-0.2, -0.15) is 0 Å². The van der Waals surface area contributed by atoms with Crippen LogP contribution in [0.3, 0.4) is 0 Å². The molecule has 0 atom stereocenters. The fourth-order valence-electron chi connectivity index (χ4n) is 0.798. The zero-order valence-corrected chi connectivity index (χ0v) is 7.76. The maximum atomic E-state index is 5.33. The van der Waals surface area contributed by atoms with Crippen molar-refractivity contribution < 1.29 is 0 Å². The van der Waals surface area contributed by atoms with Gasteiger partial charge >= 0.3 is 0 Å². The Morgan fingerprint density at radius 2 is 1.50 bits per heavy atom. The first-order chi connectivity index (χ1) is 5.91. The Morgan fingerprint density at radius 3 is 2.00 bits per heavy atom. The molecule has 0 spiro atoms. The topological polar surface area (TPSA) is 64.1 Å². The number of rotatable bonds is 7. The van der Waals surface area contributed by atoms with Gasteiger partial charge in [-0.1, -0.05) is 6.42 Å². The van der Waals surface area contributed by atoms with E-state index in [0.29, 0.717) is 0 Å². The fraction of sp³-hybridized carbons (Fsp3) is 0.778. The van der Waals surface area contributed by atoms with Crippen molar-refractivity contribution in [2.75, 3.05) is 26.2 Å². The Hall–Kier alpha value is -0.560. The van der Waals surface area contributed by atoms with Crippen LogP contribution >= 0.6 is 0 Å². The van der Waals surface area contributed by atoms with Gasteiger partial charge in [0.05, 0.1) is 0 Å². The minimum Gasteiger partial charge on any atom is -0.330 e. The fourth-order valence-corrected chi connectivity index (χ4v) is 0.798. The average molecular weight is 171 g/mol. The van der Waals surface area contributed by atoms with E-state index in [0.717, 1.165) is 32.6 Å². The minimum atomic E-state index is 0.733. The summed E-state index contributed by atoms with van der Waals surface area (Å²) in [5, 5.41) is 3.23. The highest BCUT2D eigenvalue weighted by atomic mass is 14.9. The lowest BCUT2D eigenvalue weighted by Crippen LogP contribution is -2.23. The van der Waals surface area contributed by atoms with Gasteiger partial charge in [-0.3, -0.25) is 0 Å². The molecule has 0 aromatic rings. The Balaban J connectivity index is 0. The first-order valence-corrected chi connectivity index (χ1v) is 4.36. The number of hydrogen-bond donors (Lipinski definition) is 3. The number of nitrogens with one attached hydrogen (secondary N) is 1. The highest BCUT2D eigenvalue weighted by molar-refractivity contribution is 4.48. The summed E-state index contributed by atoms with van der Waals surface area (Å²) < 4.78 is 0. The Morgan fingerprint density at radius 1 is 0.833 bits per heavy atom. The Labute approximate surface area is 75.9 Å². The van der Waals surface area contributed by atoms with Gasteiger partial charge in [0.25, 0.3) is 0 Å². The zero-order chi connectivity index (χ0) is 9.66. The Kier molecular flexibility index (Phi) is 19.6. The van der Waals surface area contributed by atoms with E-state index in [2.05, 4.69) is 18.2 Å². The van der Waals surface area contributed by atoms with E-state index in [1.807, 2.05) is 0 Å². The molecule has 0 amide bonds. The van der Waals surface area contributed by atoms with E-state index in [1.54, 1.807) is 0 Å². The second-order valence-electron chi connectivity index (χ2n) is 2.39. The van der Waals surface area contributed by atoms with Crippen molar-refractivity contribution >= 4 is 0 Å². The number of nitrogens with two attached hydrogens (primary N) is 2. The normalized spacial score (nSPS) is 8.67. The van der Waals surface area contributed by atoms with Crippen molar-refractivity contribution in [2.45, 2.75) is 19.3 Å². The van der Waals surface area contributed by atoms with Crippen LogP contribution in [-0.2, 0) is 0 Å². The molecule has 0 bridgehead atoms. The van der Waals surface area contributed by atoms with Gasteiger partial charge in [0.2, 0.25) is 0 Å². The summed E-state index contributed by atoms with van der Waals surface area (Å²) in [7, 11) is 0. The van der Waals surface area contributed by atoms with Crippen LogP contribution in [0.15, 0.2) is 0 Å². The molecular weight excluding hydrogens is 150 g/mol. The summed E-state index contributed by atoms with van der Waals surface area (Å²) in [6.45, 7) is 3.56. The van der Waals surface area contributed by atoms with Crippen molar-refractivity contribution in [1.82, 2.24) is 5.32 Å². The molecule has 0 unspecified atom stereocenters. The molecule has 5 N–H and O–H groups in total. The SMILES string of the molecule is C#C.NCCCCCNCCN. The standard InChI is InChI=1S/C7H19N3.C2H2/c8-4-2-1-3-6-10-7-5-9;1-2/h10H,1-9H2;1-2H. The van der Waals surface area contributed by atoms with Crippen LogP contribution in [0.4, 0.5) is 0 Å². The molecule has 0 radical (unpaired) electrons. The second-order valence-corrected chi connectivity index (χ2v) is 2.39. The molecule has 0 aliphatic heterocycles. The summed E-state index contributed by atoms with van der Waals surface area (Å²) in [5.74, 6) is 0. The molecule has 0 saturated carbocycles. The largest absolute Gasteiger partial charge is 0.330 e. The van der Waals surface area contributed by atoms with Gasteiger partial charge in [-0.15, -0.1) is 12.8 Å². The highest BCUT2D eigenvalue weighted by Gasteiger charge is 1.85. The van der Waals surface area contributed by atoms with Crippen molar-refractivity contribution in [2.24, 2.45) is 11.5 Å². The lowest BCUT2D eigenvalue weighted by Gasteiger charge is -2.00. The monoisotopic (exact) mass is 171 g/mol. The van der Waals surface area contributed by atoms with Crippen LogP contribution in [0.1, 0.15) is 19.3 Å². The lowest BCUT2D eigenvalue weighted by atomic mass is 10.2. The van der Waals surface area contributed by atoms with Crippen LogP contribution < -0.4 is 16.8 Å². The number of hydrogen-bond acceptors (Lipinski definition) is 3. The van der Waals surface area contributed by atoms with Crippen molar-refractivity contribution in [1.29, 1.82) is 0 Å². The molecule has 0 rings (SSSR count). The van der Waals surface area contributed by atoms with Crippen LogP contribution in [0.5, 0.6) is 0 Å². The quantitative estimate of drug-likeness (QED) is 0.370. The van der Waals surface area contributed by atoms with E-state index in [-0.39, 0.29) is 0 Å². The smallest absolute Gasteiger partial charge is 0.00745 e. The molecule has 3 nitrogen and oxygen atoms in total. The average Bonchev–Trinajstić information content (AvgIpc) is 2.15. The minimum absolute atomic E-state index is 0.733. The van der Waals surface area contributed by atoms with Gasteiger partial charge in [-0.05, 0) is 25.9 Å². The summed E-state index contributed by atoms with van der Waals surface area (Å²) in [5.41, 5.74) is 10.6. The first-order valence-electron chi connectivity index (χ1n) is 4.36. The van der Waals surface area contributed by atoms with E-state index < -0.39 is 0 Å². The van der Waals surface area contributed by atoms with Gasteiger partial charge in [0, 0.05) is 13.1 Å². The maximum absolute atomic E-state index is 5.33. The highest BCUT2D eigenvalue weighted by Crippen LogP contribution is 1.90. The number of unbranched alkanes of at least 4 members (excludes halogenated alkanes) is 2. The summed E-state index contributed by atoms with van der Waals surface area (Å²) in [6, 6.07) is 0. The van der Waals surface area contributed by atoms with E-state index in [1.165, 1.54) is 12.8 Å². The Bertz CT molecular complexity index is 73.1. The van der Waals surface area contributed by atoms with Crippen LogP contribution in [0.2, 0.25) is 0 Å². The number of terminal acetylenes is 1. The summed E-state index contributed by atoms with van der Waals surface area (Å²) in [6.07, 6.45) is 11.6. The molecule has 0 fully saturated rings. The molecular formula is C9H21N3. The summed E-state index contributed by atoms with van der Waals surface area (Å²) in [4.78, 5) is 0. The lowest BCUT2D eigenvalue weighted by molar-refractivity contribution is 0.610.